The molecule has 18 heavy (non-hydrogen) atoms. The van der Waals surface area contributed by atoms with Crippen LogP contribution in [0.25, 0.3) is 0 Å². The maximum absolute atomic E-state index is 11.6. The average molecular weight is 244 g/mol. The zero-order valence-corrected chi connectivity index (χ0v) is 10.4. The number of hydrogen-bond donors (Lipinski definition) is 0. The molecule has 1 aliphatic heterocycles. The topological polar surface area (TPSA) is 35.5 Å². The van der Waals surface area contributed by atoms with E-state index in [4.69, 9.17) is 9.47 Å². The van der Waals surface area contributed by atoms with Crippen molar-refractivity contribution in [3.8, 4) is 0 Å². The lowest BCUT2D eigenvalue weighted by Gasteiger charge is -2.11. The summed E-state index contributed by atoms with van der Waals surface area (Å²) in [5, 5.41) is 0. The van der Waals surface area contributed by atoms with Gasteiger partial charge in [0.2, 0.25) is 0 Å². The number of esters is 1. The van der Waals surface area contributed by atoms with Gasteiger partial charge in [0.1, 0.15) is 12.4 Å². The van der Waals surface area contributed by atoms with Crippen LogP contribution < -0.4 is 0 Å². The van der Waals surface area contributed by atoms with Crippen LogP contribution in [0.2, 0.25) is 0 Å². The number of allylic oxidation sites excluding steroid dienone is 1. The molecule has 0 saturated heterocycles. The summed E-state index contributed by atoms with van der Waals surface area (Å²) in [6.07, 6.45) is 1.85. The van der Waals surface area contributed by atoms with Crippen LogP contribution in [0.3, 0.4) is 0 Å². The molecule has 3 nitrogen and oxygen atoms in total. The Bertz CT molecular complexity index is 474. The van der Waals surface area contributed by atoms with Crippen molar-refractivity contribution in [1.82, 2.24) is 0 Å². The van der Waals surface area contributed by atoms with E-state index in [9.17, 15) is 4.79 Å². The second-order valence-corrected chi connectivity index (χ2v) is 4.16. The van der Waals surface area contributed by atoms with Gasteiger partial charge in [-0.15, -0.1) is 6.58 Å². The largest absolute Gasteiger partial charge is 0.489 e. The molecule has 0 spiro atoms. The molecule has 1 unspecified atom stereocenters. The van der Waals surface area contributed by atoms with Crippen LogP contribution in [0, 0.1) is 0 Å². The van der Waals surface area contributed by atoms with Crippen molar-refractivity contribution >= 4 is 5.97 Å². The molecule has 0 fully saturated rings. The number of benzene rings is 1. The Morgan fingerprint density at radius 3 is 2.78 bits per heavy atom. The maximum Gasteiger partial charge on any atom is 0.338 e. The summed E-state index contributed by atoms with van der Waals surface area (Å²) in [6.45, 7) is 5.89. The van der Waals surface area contributed by atoms with Crippen molar-refractivity contribution in [3.05, 3.63) is 59.9 Å². The van der Waals surface area contributed by atoms with Gasteiger partial charge in [0.25, 0.3) is 0 Å². The Balaban J connectivity index is 2.10. The lowest BCUT2D eigenvalue weighted by Crippen LogP contribution is -2.08. The van der Waals surface area contributed by atoms with Crippen LogP contribution in [0.5, 0.6) is 0 Å². The molecule has 0 bridgehead atoms. The van der Waals surface area contributed by atoms with Gasteiger partial charge < -0.3 is 9.47 Å². The number of carbonyl (C=O) groups excluding carboxylic acids is 1. The van der Waals surface area contributed by atoms with Gasteiger partial charge in [-0.25, -0.2) is 4.79 Å². The van der Waals surface area contributed by atoms with Gasteiger partial charge in [-0.05, 0) is 12.5 Å². The molecule has 0 saturated carbocycles. The van der Waals surface area contributed by atoms with Crippen molar-refractivity contribution in [2.45, 2.75) is 26.1 Å². The van der Waals surface area contributed by atoms with Crippen molar-refractivity contribution in [1.29, 1.82) is 0 Å². The Kier molecular flexibility index (Phi) is 3.82. The van der Waals surface area contributed by atoms with Crippen molar-refractivity contribution in [2.75, 3.05) is 0 Å². The molecular weight excluding hydrogens is 228 g/mol. The third kappa shape index (κ3) is 2.62. The first kappa shape index (κ1) is 12.4. The molecule has 1 atom stereocenters. The van der Waals surface area contributed by atoms with Crippen molar-refractivity contribution < 1.29 is 14.3 Å². The number of ether oxygens (including phenoxy) is 2. The van der Waals surface area contributed by atoms with Crippen molar-refractivity contribution in [3.63, 3.8) is 0 Å². The number of cyclic esters (lactones) is 1. The van der Waals surface area contributed by atoms with Gasteiger partial charge >= 0.3 is 5.97 Å². The standard InChI is InChI=1S/C15H16O3/c1-3-7-13-14(11(2)18-15(13)16)17-10-12-8-5-4-6-9-12/h3-6,8-9,11H,1,7,10H2,2H3. The molecule has 0 N–H and O–H groups in total. The second kappa shape index (κ2) is 5.54. The fourth-order valence-corrected chi connectivity index (χ4v) is 1.90. The van der Waals surface area contributed by atoms with Crippen LogP contribution in [0.1, 0.15) is 18.9 Å². The molecule has 2 rings (SSSR count). The van der Waals surface area contributed by atoms with E-state index < -0.39 is 0 Å². The van der Waals surface area contributed by atoms with Crippen LogP contribution in [0.15, 0.2) is 54.3 Å². The second-order valence-electron chi connectivity index (χ2n) is 4.16. The fourth-order valence-electron chi connectivity index (χ4n) is 1.90. The first-order valence-corrected chi connectivity index (χ1v) is 5.94. The van der Waals surface area contributed by atoms with Crippen LogP contribution in [0.4, 0.5) is 0 Å². The Labute approximate surface area is 107 Å². The molecule has 1 heterocycles. The highest BCUT2D eigenvalue weighted by molar-refractivity contribution is 5.92. The summed E-state index contributed by atoms with van der Waals surface area (Å²) >= 11 is 0. The minimum absolute atomic E-state index is 0.300. The third-order valence-corrected chi connectivity index (χ3v) is 2.78. The van der Waals surface area contributed by atoms with E-state index >= 15 is 0 Å². The molecule has 94 valence electrons. The first-order valence-electron chi connectivity index (χ1n) is 5.94. The smallest absolute Gasteiger partial charge is 0.338 e. The van der Waals surface area contributed by atoms with Crippen LogP contribution in [-0.2, 0) is 20.9 Å². The van der Waals surface area contributed by atoms with E-state index in [0.717, 1.165) is 5.56 Å². The summed E-state index contributed by atoms with van der Waals surface area (Å²) in [5.74, 6) is 0.328. The van der Waals surface area contributed by atoms with Gasteiger partial charge in [0.05, 0.1) is 5.57 Å². The zero-order chi connectivity index (χ0) is 13.0. The Hall–Kier alpha value is -2.03. The van der Waals surface area contributed by atoms with Gasteiger partial charge in [0.15, 0.2) is 6.10 Å². The van der Waals surface area contributed by atoms with Crippen LogP contribution in [-0.4, -0.2) is 12.1 Å². The monoisotopic (exact) mass is 244 g/mol. The molecule has 1 aliphatic rings. The normalized spacial score (nSPS) is 18.7. The van der Waals surface area contributed by atoms with E-state index in [-0.39, 0.29) is 12.1 Å². The molecular formula is C15H16O3. The number of hydrogen-bond acceptors (Lipinski definition) is 3. The Morgan fingerprint density at radius 2 is 2.11 bits per heavy atom. The highest BCUT2D eigenvalue weighted by atomic mass is 16.6. The molecule has 1 aromatic carbocycles. The maximum atomic E-state index is 11.6. The first-order chi connectivity index (χ1) is 8.72. The van der Waals surface area contributed by atoms with Crippen molar-refractivity contribution in [2.24, 2.45) is 0 Å². The van der Waals surface area contributed by atoms with E-state index in [1.54, 1.807) is 6.08 Å². The van der Waals surface area contributed by atoms with E-state index in [1.165, 1.54) is 0 Å². The van der Waals surface area contributed by atoms with Gasteiger partial charge in [0, 0.05) is 6.42 Å². The van der Waals surface area contributed by atoms with Gasteiger partial charge in [-0.3, -0.25) is 0 Å². The lowest BCUT2D eigenvalue weighted by molar-refractivity contribution is -0.139. The lowest BCUT2D eigenvalue weighted by atomic mass is 10.1. The summed E-state index contributed by atoms with van der Waals surface area (Å²) in [6, 6.07) is 9.83. The zero-order valence-electron chi connectivity index (χ0n) is 10.4. The van der Waals surface area contributed by atoms with E-state index in [2.05, 4.69) is 6.58 Å². The third-order valence-electron chi connectivity index (χ3n) is 2.78. The molecule has 0 radical (unpaired) electrons. The SMILES string of the molecule is C=CCC1=C(OCc2ccccc2)C(C)OC1=O. The molecule has 0 amide bonds. The highest BCUT2D eigenvalue weighted by Gasteiger charge is 2.31. The molecule has 3 heteroatoms. The molecule has 0 aromatic heterocycles. The predicted molar refractivity (Wildman–Crippen MR) is 68.6 cm³/mol. The number of carbonyl (C=O) groups is 1. The summed E-state index contributed by atoms with van der Waals surface area (Å²) in [7, 11) is 0. The molecule has 0 aliphatic carbocycles. The minimum Gasteiger partial charge on any atom is -0.489 e. The molecule has 1 aromatic rings. The van der Waals surface area contributed by atoms with Gasteiger partial charge in [-0.2, -0.15) is 0 Å². The highest BCUT2D eigenvalue weighted by Crippen LogP contribution is 2.27. The Morgan fingerprint density at radius 1 is 1.39 bits per heavy atom. The quantitative estimate of drug-likeness (QED) is 0.590. The summed E-state index contributed by atoms with van der Waals surface area (Å²) < 4.78 is 10.9. The summed E-state index contributed by atoms with van der Waals surface area (Å²) in [5.41, 5.74) is 1.64. The summed E-state index contributed by atoms with van der Waals surface area (Å²) in [4.78, 5) is 11.6. The number of rotatable bonds is 5. The van der Waals surface area contributed by atoms with E-state index in [1.807, 2.05) is 37.3 Å². The predicted octanol–water partition coefficient (Wildman–Crippen LogP) is 2.98. The van der Waals surface area contributed by atoms with Crippen LogP contribution >= 0.6 is 0 Å². The van der Waals surface area contributed by atoms with E-state index in [0.29, 0.717) is 24.4 Å². The fraction of sp³-hybridized carbons (Fsp3) is 0.267. The minimum atomic E-state index is -0.309. The average Bonchev–Trinajstić information content (AvgIpc) is 2.64. The van der Waals surface area contributed by atoms with Gasteiger partial charge in [-0.1, -0.05) is 36.4 Å².